The lowest BCUT2D eigenvalue weighted by Crippen LogP contribution is -2.59. The second-order valence-electron chi connectivity index (χ2n) is 11.0. The summed E-state index contributed by atoms with van der Waals surface area (Å²) in [5, 5.41) is 0. The van der Waals surface area contributed by atoms with Gasteiger partial charge in [-0.1, -0.05) is 44.2 Å². The van der Waals surface area contributed by atoms with Crippen LogP contribution in [0, 0.1) is 41.4 Å². The highest BCUT2D eigenvalue weighted by molar-refractivity contribution is 5.99. The van der Waals surface area contributed by atoms with Crippen molar-refractivity contribution in [2.45, 2.75) is 65.3 Å². The van der Waals surface area contributed by atoms with E-state index < -0.39 is 0 Å². The summed E-state index contributed by atoms with van der Waals surface area (Å²) in [5.74, 6) is 2.60. The van der Waals surface area contributed by atoms with Crippen LogP contribution in [0.3, 0.4) is 0 Å². The van der Waals surface area contributed by atoms with Gasteiger partial charge in [-0.05, 0) is 80.3 Å². The molecule has 0 aromatic heterocycles. The van der Waals surface area contributed by atoms with Crippen LogP contribution in [0.5, 0.6) is 0 Å². The third-order valence-electron chi connectivity index (χ3n) is 9.85. The Morgan fingerprint density at radius 2 is 1.80 bits per heavy atom. The zero-order valence-corrected chi connectivity index (χ0v) is 18.9. The maximum Gasteiger partial charge on any atom is 0.246 e. The molecular formula is C27H35NO2. The standard InChI is InChI=1S/C27H35NO2/c1-17-7-5-6-8-18(17)25(30)22-11-10-20-19-9-12-23-27(3,16-14-24(29)28(23)4)21(19)13-15-26(20,22)2/h5-8,14,16,19-23H,9-13,15H2,1-4H3/t19-,20-,21+,22?,23?,26-,27+/m0/s1. The molecule has 1 aliphatic heterocycles. The highest BCUT2D eigenvalue weighted by atomic mass is 16.2. The second-order valence-corrected chi connectivity index (χ2v) is 11.0. The molecule has 0 N–H and O–H groups in total. The van der Waals surface area contributed by atoms with Crippen molar-refractivity contribution in [2.24, 2.45) is 34.5 Å². The minimum atomic E-state index is 0.0744. The number of Topliss-reactive ketones (excluding diaryl/α,β-unsaturated/α-hetero) is 1. The molecule has 0 spiro atoms. The van der Waals surface area contributed by atoms with Crippen molar-refractivity contribution in [3.63, 3.8) is 0 Å². The summed E-state index contributed by atoms with van der Waals surface area (Å²) >= 11 is 0. The van der Waals surface area contributed by atoms with Crippen molar-refractivity contribution in [3.8, 4) is 0 Å². The van der Waals surface area contributed by atoms with Crippen molar-refractivity contribution in [2.75, 3.05) is 7.05 Å². The molecule has 3 nitrogen and oxygen atoms in total. The van der Waals surface area contributed by atoms with Gasteiger partial charge in [0.1, 0.15) is 0 Å². The summed E-state index contributed by atoms with van der Waals surface area (Å²) in [6, 6.07) is 8.43. The van der Waals surface area contributed by atoms with Gasteiger partial charge in [-0.25, -0.2) is 0 Å². The van der Waals surface area contributed by atoms with Crippen LogP contribution in [-0.4, -0.2) is 29.7 Å². The molecule has 5 rings (SSSR count). The molecule has 3 heteroatoms. The zero-order chi connectivity index (χ0) is 21.3. The van der Waals surface area contributed by atoms with Crippen LogP contribution in [-0.2, 0) is 4.79 Å². The van der Waals surface area contributed by atoms with Crippen LogP contribution in [0.2, 0.25) is 0 Å². The molecule has 1 amide bonds. The predicted octanol–water partition coefficient (Wildman–Crippen LogP) is 5.43. The number of carbonyl (C=O) groups excluding carboxylic acids is 2. The molecule has 7 atom stereocenters. The smallest absolute Gasteiger partial charge is 0.246 e. The third-order valence-corrected chi connectivity index (χ3v) is 9.85. The van der Waals surface area contributed by atoms with Gasteiger partial charge in [0.15, 0.2) is 5.78 Å². The highest BCUT2D eigenvalue weighted by Crippen LogP contribution is 2.65. The zero-order valence-electron chi connectivity index (χ0n) is 18.9. The Kier molecular flexibility index (Phi) is 4.54. The lowest BCUT2D eigenvalue weighted by atomic mass is 9.47. The van der Waals surface area contributed by atoms with Crippen LogP contribution in [0.1, 0.15) is 68.3 Å². The van der Waals surface area contributed by atoms with Crippen LogP contribution in [0.15, 0.2) is 36.4 Å². The van der Waals surface area contributed by atoms with Crippen LogP contribution < -0.4 is 0 Å². The lowest BCUT2D eigenvalue weighted by Gasteiger charge is -2.60. The van der Waals surface area contributed by atoms with Gasteiger partial charge in [0.2, 0.25) is 5.91 Å². The van der Waals surface area contributed by atoms with E-state index in [4.69, 9.17) is 0 Å². The fourth-order valence-electron chi connectivity index (χ4n) is 8.21. The number of aryl methyl sites for hydroxylation is 1. The number of amides is 1. The van der Waals surface area contributed by atoms with E-state index in [2.05, 4.69) is 32.9 Å². The number of likely N-dealkylation sites (N-methyl/N-ethyl adjacent to an activating group) is 1. The number of carbonyl (C=O) groups is 2. The number of benzene rings is 1. The van der Waals surface area contributed by atoms with Gasteiger partial charge in [0, 0.05) is 30.0 Å². The van der Waals surface area contributed by atoms with E-state index in [-0.39, 0.29) is 22.7 Å². The summed E-state index contributed by atoms with van der Waals surface area (Å²) in [6.07, 6.45) is 10.9. The van der Waals surface area contributed by atoms with Gasteiger partial charge in [0.25, 0.3) is 0 Å². The SMILES string of the molecule is Cc1ccccc1C(=O)C1CC[C@H]2[C@@H]3CCC4N(C)C(=O)C=C[C@]4(C)[C@@H]3CC[C@]12C. The molecule has 1 aromatic carbocycles. The first-order chi connectivity index (χ1) is 14.3. The molecular weight excluding hydrogens is 370 g/mol. The van der Waals surface area contributed by atoms with Crippen LogP contribution >= 0.6 is 0 Å². The van der Waals surface area contributed by atoms with E-state index in [0.717, 1.165) is 30.4 Å². The number of ketones is 1. The topological polar surface area (TPSA) is 37.4 Å². The van der Waals surface area contributed by atoms with E-state index >= 15 is 0 Å². The van der Waals surface area contributed by atoms with Crippen molar-refractivity contribution in [1.29, 1.82) is 0 Å². The average Bonchev–Trinajstić information content (AvgIpc) is 3.08. The van der Waals surface area contributed by atoms with E-state index in [1.807, 2.05) is 36.2 Å². The minimum absolute atomic E-state index is 0.0744. The molecule has 0 bridgehead atoms. The molecule has 3 aliphatic carbocycles. The Hall–Kier alpha value is -1.90. The quantitative estimate of drug-likeness (QED) is 0.615. The largest absolute Gasteiger partial charge is 0.338 e. The summed E-state index contributed by atoms with van der Waals surface area (Å²) in [6.45, 7) is 6.87. The maximum atomic E-state index is 13.6. The van der Waals surface area contributed by atoms with Gasteiger partial charge < -0.3 is 4.90 Å². The summed E-state index contributed by atoms with van der Waals surface area (Å²) in [7, 11) is 1.98. The van der Waals surface area contributed by atoms with Gasteiger partial charge in [-0.2, -0.15) is 0 Å². The number of hydrogen-bond acceptors (Lipinski definition) is 2. The van der Waals surface area contributed by atoms with Gasteiger partial charge in [-0.3, -0.25) is 9.59 Å². The molecule has 2 unspecified atom stereocenters. The van der Waals surface area contributed by atoms with Gasteiger partial charge >= 0.3 is 0 Å². The number of fused-ring (bicyclic) bond motifs is 5. The molecule has 3 fully saturated rings. The molecule has 30 heavy (non-hydrogen) atoms. The molecule has 4 aliphatic rings. The van der Waals surface area contributed by atoms with E-state index in [9.17, 15) is 9.59 Å². The molecule has 160 valence electrons. The van der Waals surface area contributed by atoms with Gasteiger partial charge in [-0.15, -0.1) is 0 Å². The van der Waals surface area contributed by atoms with Gasteiger partial charge in [0.05, 0.1) is 0 Å². The Labute approximate surface area is 180 Å². The third kappa shape index (κ3) is 2.63. The Morgan fingerprint density at radius 1 is 1.03 bits per heavy atom. The van der Waals surface area contributed by atoms with Crippen molar-refractivity contribution >= 4 is 11.7 Å². The first kappa shape index (κ1) is 20.0. The molecule has 0 radical (unpaired) electrons. The lowest BCUT2D eigenvalue weighted by molar-refractivity contribution is -0.138. The average molecular weight is 406 g/mol. The van der Waals surface area contributed by atoms with Crippen molar-refractivity contribution in [1.82, 2.24) is 4.90 Å². The molecule has 0 saturated heterocycles. The van der Waals surface area contributed by atoms with E-state index in [0.29, 0.717) is 29.6 Å². The first-order valence-corrected chi connectivity index (χ1v) is 11.8. The fraction of sp³-hybridized carbons (Fsp3) is 0.630. The Balaban J connectivity index is 1.45. The normalized spacial score (nSPS) is 42.5. The predicted molar refractivity (Wildman–Crippen MR) is 119 cm³/mol. The number of hydrogen-bond donors (Lipinski definition) is 0. The first-order valence-electron chi connectivity index (χ1n) is 11.8. The van der Waals surface area contributed by atoms with E-state index in [1.165, 1.54) is 19.3 Å². The summed E-state index contributed by atoms with van der Waals surface area (Å²) in [4.78, 5) is 27.9. The minimum Gasteiger partial charge on any atom is -0.338 e. The fourth-order valence-corrected chi connectivity index (χ4v) is 8.21. The second kappa shape index (κ2) is 6.80. The molecule has 3 saturated carbocycles. The van der Waals surface area contributed by atoms with Crippen LogP contribution in [0.4, 0.5) is 0 Å². The number of rotatable bonds is 2. The molecule has 1 aromatic rings. The molecule has 1 heterocycles. The monoisotopic (exact) mass is 405 g/mol. The van der Waals surface area contributed by atoms with E-state index in [1.54, 1.807) is 0 Å². The Bertz CT molecular complexity index is 919. The summed E-state index contributed by atoms with van der Waals surface area (Å²) in [5.41, 5.74) is 2.23. The van der Waals surface area contributed by atoms with Crippen LogP contribution in [0.25, 0.3) is 0 Å². The summed E-state index contributed by atoms with van der Waals surface area (Å²) < 4.78 is 0. The highest BCUT2D eigenvalue weighted by Gasteiger charge is 2.61. The van der Waals surface area contributed by atoms with Crippen molar-refractivity contribution < 1.29 is 9.59 Å². The number of nitrogens with zero attached hydrogens (tertiary/aromatic N) is 1. The Morgan fingerprint density at radius 3 is 2.57 bits per heavy atom. The maximum absolute atomic E-state index is 13.6. The van der Waals surface area contributed by atoms with Crippen molar-refractivity contribution in [3.05, 3.63) is 47.5 Å².